The van der Waals surface area contributed by atoms with E-state index in [0.29, 0.717) is 0 Å². The number of aromatic amines is 1. The summed E-state index contributed by atoms with van der Waals surface area (Å²) >= 11 is 3.47. The second-order valence-electron chi connectivity index (χ2n) is 5.51. The van der Waals surface area contributed by atoms with Crippen molar-refractivity contribution in [1.82, 2.24) is 9.97 Å². The van der Waals surface area contributed by atoms with E-state index in [-0.39, 0.29) is 0 Å². The first-order valence-corrected chi connectivity index (χ1v) is 9.34. The molecule has 1 aliphatic heterocycles. The Bertz CT molecular complexity index is 1010. The Morgan fingerprint density at radius 3 is 2.71 bits per heavy atom. The van der Waals surface area contributed by atoms with Crippen molar-refractivity contribution in [2.45, 2.75) is 9.79 Å². The summed E-state index contributed by atoms with van der Waals surface area (Å²) in [5, 5.41) is 6.69. The van der Waals surface area contributed by atoms with Crippen molar-refractivity contribution >= 4 is 34.5 Å². The van der Waals surface area contributed by atoms with Gasteiger partial charge in [0.15, 0.2) is 0 Å². The third-order valence-electron chi connectivity index (χ3n) is 4.07. The molecule has 0 fully saturated rings. The number of anilines is 2. The van der Waals surface area contributed by atoms with E-state index in [2.05, 4.69) is 57.7 Å². The van der Waals surface area contributed by atoms with Crippen LogP contribution in [0.3, 0.4) is 0 Å². The standard InChI is InChI=1S/C19H13N3S2/c1-2-6-15-14(4-1)22-18-16(24-15)8-7-12(13-5-3-9-20-13)17(18)19-21-10-11-23-19/h1-11,20,22H. The first-order valence-electron chi connectivity index (χ1n) is 7.65. The van der Waals surface area contributed by atoms with Crippen molar-refractivity contribution in [3.63, 3.8) is 0 Å². The van der Waals surface area contributed by atoms with E-state index in [4.69, 9.17) is 0 Å². The van der Waals surface area contributed by atoms with Crippen molar-refractivity contribution in [3.8, 4) is 21.8 Å². The minimum absolute atomic E-state index is 1.03. The Kier molecular flexibility index (Phi) is 3.21. The topological polar surface area (TPSA) is 40.7 Å². The SMILES string of the molecule is c1c[nH]c(-c2ccc3c(c2-c2nccs2)Nc2ccccc2S3)c1. The summed E-state index contributed by atoms with van der Waals surface area (Å²) in [6.07, 6.45) is 3.82. The molecule has 0 saturated carbocycles. The van der Waals surface area contributed by atoms with Crippen molar-refractivity contribution in [3.05, 3.63) is 66.3 Å². The minimum Gasteiger partial charge on any atom is -0.361 e. The molecule has 5 rings (SSSR count). The summed E-state index contributed by atoms with van der Waals surface area (Å²) in [4.78, 5) is 10.4. The normalized spacial score (nSPS) is 12.3. The van der Waals surface area contributed by atoms with Gasteiger partial charge < -0.3 is 10.3 Å². The molecule has 0 radical (unpaired) electrons. The van der Waals surface area contributed by atoms with Crippen LogP contribution in [0.1, 0.15) is 0 Å². The summed E-state index contributed by atoms with van der Waals surface area (Å²) in [5.41, 5.74) is 5.72. The number of rotatable bonds is 2. The molecule has 116 valence electrons. The van der Waals surface area contributed by atoms with Gasteiger partial charge in [0.25, 0.3) is 0 Å². The van der Waals surface area contributed by atoms with Gasteiger partial charge in [-0.25, -0.2) is 4.98 Å². The number of fused-ring (bicyclic) bond motifs is 2. The van der Waals surface area contributed by atoms with Crippen molar-refractivity contribution < 1.29 is 0 Å². The van der Waals surface area contributed by atoms with Crippen molar-refractivity contribution in [1.29, 1.82) is 0 Å². The van der Waals surface area contributed by atoms with Crippen LogP contribution in [0.4, 0.5) is 11.4 Å². The van der Waals surface area contributed by atoms with E-state index in [1.165, 1.54) is 15.4 Å². The number of hydrogen-bond donors (Lipinski definition) is 2. The van der Waals surface area contributed by atoms with Crippen molar-refractivity contribution in [2.24, 2.45) is 0 Å². The Hall–Kier alpha value is -2.50. The largest absolute Gasteiger partial charge is 0.361 e. The fourth-order valence-corrected chi connectivity index (χ4v) is 4.70. The molecular weight excluding hydrogens is 334 g/mol. The van der Waals surface area contributed by atoms with Gasteiger partial charge in [0, 0.05) is 44.4 Å². The Morgan fingerprint density at radius 1 is 0.917 bits per heavy atom. The highest BCUT2D eigenvalue weighted by molar-refractivity contribution is 7.99. The zero-order valence-corrected chi connectivity index (χ0v) is 14.2. The second-order valence-corrected chi connectivity index (χ2v) is 7.48. The van der Waals surface area contributed by atoms with Crippen LogP contribution < -0.4 is 5.32 Å². The highest BCUT2D eigenvalue weighted by Crippen LogP contribution is 2.50. The van der Waals surface area contributed by atoms with E-state index in [1.54, 1.807) is 23.1 Å². The second kappa shape index (κ2) is 5.54. The molecule has 2 aromatic carbocycles. The number of nitrogens with zero attached hydrogens (tertiary/aromatic N) is 1. The lowest BCUT2D eigenvalue weighted by Gasteiger charge is -2.24. The van der Waals surface area contributed by atoms with Gasteiger partial charge in [-0.2, -0.15) is 0 Å². The molecule has 3 nitrogen and oxygen atoms in total. The predicted octanol–water partition coefficient (Wildman–Crippen LogP) is 6.01. The van der Waals surface area contributed by atoms with Gasteiger partial charge in [-0.1, -0.05) is 30.0 Å². The average molecular weight is 347 g/mol. The highest BCUT2D eigenvalue weighted by atomic mass is 32.2. The third kappa shape index (κ3) is 2.17. The van der Waals surface area contributed by atoms with Crippen LogP contribution >= 0.6 is 23.1 Å². The van der Waals surface area contributed by atoms with Gasteiger partial charge in [-0.3, -0.25) is 0 Å². The van der Waals surface area contributed by atoms with Gasteiger partial charge in [0.05, 0.1) is 11.4 Å². The number of benzene rings is 2. The van der Waals surface area contributed by atoms with Crippen molar-refractivity contribution in [2.75, 3.05) is 5.32 Å². The molecule has 0 unspecified atom stereocenters. The molecule has 0 amide bonds. The number of hydrogen-bond acceptors (Lipinski definition) is 4. The maximum absolute atomic E-state index is 4.58. The summed E-state index contributed by atoms with van der Waals surface area (Å²) in [6, 6.07) is 16.9. The molecule has 1 aliphatic rings. The van der Waals surface area contributed by atoms with E-state index in [1.807, 2.05) is 23.8 Å². The molecular formula is C19H13N3S2. The monoisotopic (exact) mass is 347 g/mol. The Balaban J connectivity index is 1.77. The molecule has 0 bridgehead atoms. The lowest BCUT2D eigenvalue weighted by atomic mass is 10.0. The highest BCUT2D eigenvalue weighted by Gasteiger charge is 2.23. The van der Waals surface area contributed by atoms with E-state index in [0.717, 1.165) is 27.6 Å². The summed E-state index contributed by atoms with van der Waals surface area (Å²) < 4.78 is 0. The molecule has 0 atom stereocenters. The summed E-state index contributed by atoms with van der Waals surface area (Å²) in [6.45, 7) is 0. The first kappa shape index (κ1) is 13.9. The van der Waals surface area contributed by atoms with Crippen LogP contribution in [-0.2, 0) is 0 Å². The molecule has 3 heterocycles. The molecule has 4 aromatic rings. The van der Waals surface area contributed by atoms with Gasteiger partial charge >= 0.3 is 0 Å². The Morgan fingerprint density at radius 2 is 1.88 bits per heavy atom. The van der Waals surface area contributed by atoms with Gasteiger partial charge in [-0.05, 0) is 30.3 Å². The van der Waals surface area contributed by atoms with Crippen LogP contribution in [0.5, 0.6) is 0 Å². The fraction of sp³-hybridized carbons (Fsp3) is 0. The number of para-hydroxylation sites is 1. The van der Waals surface area contributed by atoms with Crippen LogP contribution in [-0.4, -0.2) is 9.97 Å². The third-order valence-corrected chi connectivity index (χ3v) is 5.99. The predicted molar refractivity (Wildman–Crippen MR) is 101 cm³/mol. The van der Waals surface area contributed by atoms with Crippen LogP contribution in [0.15, 0.2) is 76.1 Å². The average Bonchev–Trinajstić information content (AvgIpc) is 3.32. The van der Waals surface area contributed by atoms with E-state index >= 15 is 0 Å². The zero-order valence-electron chi connectivity index (χ0n) is 12.6. The molecule has 0 saturated heterocycles. The van der Waals surface area contributed by atoms with E-state index in [9.17, 15) is 0 Å². The van der Waals surface area contributed by atoms with Gasteiger partial charge in [-0.15, -0.1) is 11.3 Å². The lowest BCUT2D eigenvalue weighted by molar-refractivity contribution is 1.30. The zero-order chi connectivity index (χ0) is 15.9. The number of aromatic nitrogens is 2. The number of nitrogens with one attached hydrogen (secondary N) is 2. The Labute approximate surface area is 147 Å². The summed E-state index contributed by atoms with van der Waals surface area (Å²) in [7, 11) is 0. The van der Waals surface area contributed by atoms with Crippen LogP contribution in [0, 0.1) is 0 Å². The van der Waals surface area contributed by atoms with Gasteiger partial charge in [0.1, 0.15) is 5.01 Å². The molecule has 2 aromatic heterocycles. The lowest BCUT2D eigenvalue weighted by Crippen LogP contribution is -2.02. The maximum atomic E-state index is 4.58. The first-order chi connectivity index (χ1) is 11.9. The molecule has 24 heavy (non-hydrogen) atoms. The molecule has 0 aliphatic carbocycles. The summed E-state index contributed by atoms with van der Waals surface area (Å²) in [5.74, 6) is 0. The number of H-pyrrole nitrogens is 1. The maximum Gasteiger partial charge on any atom is 0.126 e. The van der Waals surface area contributed by atoms with E-state index < -0.39 is 0 Å². The molecule has 0 spiro atoms. The number of thiazole rings is 1. The quantitative estimate of drug-likeness (QED) is 0.410. The smallest absolute Gasteiger partial charge is 0.126 e. The molecule has 5 heteroatoms. The van der Waals surface area contributed by atoms with Crippen LogP contribution in [0.2, 0.25) is 0 Å². The van der Waals surface area contributed by atoms with Gasteiger partial charge in [0.2, 0.25) is 0 Å². The minimum atomic E-state index is 1.03. The van der Waals surface area contributed by atoms with Crippen LogP contribution in [0.25, 0.3) is 21.8 Å². The molecule has 2 N–H and O–H groups in total. The fourth-order valence-electron chi connectivity index (χ4n) is 3.00.